The lowest BCUT2D eigenvalue weighted by atomic mass is 9.47. The molecule has 1 heterocycles. The van der Waals surface area contributed by atoms with Crippen molar-refractivity contribution >= 4 is 11.8 Å². The number of carbonyl (C=O) groups is 1. The quantitative estimate of drug-likeness (QED) is 0.812. The van der Waals surface area contributed by atoms with E-state index in [0.717, 1.165) is 23.3 Å². The molecule has 25 heavy (non-hydrogen) atoms. The van der Waals surface area contributed by atoms with Crippen molar-refractivity contribution in [1.29, 1.82) is 0 Å². The average molecular weight is 338 g/mol. The molecule has 5 aliphatic rings. The highest BCUT2D eigenvalue weighted by atomic mass is 16.6. The maximum absolute atomic E-state index is 12.5. The van der Waals surface area contributed by atoms with E-state index < -0.39 is 5.72 Å². The van der Waals surface area contributed by atoms with Crippen molar-refractivity contribution in [2.45, 2.75) is 58.1 Å². The molecular formula is C21H26N2O2. The normalized spacial score (nSPS) is 41.6. The predicted molar refractivity (Wildman–Crippen MR) is 95.6 cm³/mol. The standard InChI is InChI=1S/C21H26N2O2/c1-14(24)23-20(2,25-19(22-23)18-6-4-3-5-7-18)21-11-15-8-16(12-21)10-17(9-15)13-21/h3-7,15-17H,8-13H2,1-2H3. The van der Waals surface area contributed by atoms with E-state index in [1.165, 1.54) is 38.5 Å². The first-order chi connectivity index (χ1) is 12.0. The van der Waals surface area contributed by atoms with Gasteiger partial charge in [0.1, 0.15) is 0 Å². The van der Waals surface area contributed by atoms with Crippen molar-refractivity contribution in [3.8, 4) is 0 Å². The minimum absolute atomic E-state index is 0.0239. The molecule has 1 aromatic rings. The number of hydrogen-bond donors (Lipinski definition) is 0. The van der Waals surface area contributed by atoms with Crippen molar-refractivity contribution in [3.63, 3.8) is 0 Å². The highest BCUT2D eigenvalue weighted by Gasteiger charge is 2.65. The van der Waals surface area contributed by atoms with Gasteiger partial charge in [0.25, 0.3) is 0 Å². The van der Waals surface area contributed by atoms with Crippen LogP contribution in [-0.2, 0) is 9.53 Å². The molecule has 1 unspecified atom stereocenters. The van der Waals surface area contributed by atoms with E-state index in [9.17, 15) is 4.79 Å². The van der Waals surface area contributed by atoms with Crippen LogP contribution in [0, 0.1) is 23.2 Å². The fourth-order valence-corrected chi connectivity index (χ4v) is 6.52. The van der Waals surface area contributed by atoms with E-state index in [1.807, 2.05) is 30.3 Å². The molecule has 0 spiro atoms. The van der Waals surface area contributed by atoms with Crippen molar-refractivity contribution in [2.24, 2.45) is 28.3 Å². The molecule has 4 heteroatoms. The molecule has 4 aliphatic carbocycles. The molecule has 1 atom stereocenters. The first kappa shape index (κ1) is 15.4. The minimum Gasteiger partial charge on any atom is -0.447 e. The molecule has 0 saturated heterocycles. The van der Waals surface area contributed by atoms with Gasteiger partial charge in [0, 0.05) is 17.9 Å². The van der Waals surface area contributed by atoms with Crippen LogP contribution < -0.4 is 0 Å². The largest absolute Gasteiger partial charge is 0.447 e. The topological polar surface area (TPSA) is 41.9 Å². The van der Waals surface area contributed by atoms with Gasteiger partial charge in [-0.2, -0.15) is 5.01 Å². The van der Waals surface area contributed by atoms with Crippen LogP contribution in [0.4, 0.5) is 0 Å². The fraction of sp³-hybridized carbons (Fsp3) is 0.619. The molecule has 4 nitrogen and oxygen atoms in total. The summed E-state index contributed by atoms with van der Waals surface area (Å²) in [6, 6.07) is 9.96. The zero-order valence-corrected chi connectivity index (χ0v) is 15.1. The van der Waals surface area contributed by atoms with Crippen LogP contribution in [0.25, 0.3) is 0 Å². The second-order valence-electron chi connectivity index (χ2n) is 8.88. The molecule has 0 N–H and O–H groups in total. The SMILES string of the molecule is CC(=O)N1N=C(c2ccccc2)OC1(C)C12CC3CC(CC(C3)C1)C2. The summed E-state index contributed by atoms with van der Waals surface area (Å²) in [7, 11) is 0. The Morgan fingerprint density at radius 1 is 1.08 bits per heavy atom. The van der Waals surface area contributed by atoms with Gasteiger partial charge in [-0.25, -0.2) is 0 Å². The van der Waals surface area contributed by atoms with Crippen LogP contribution in [0.5, 0.6) is 0 Å². The molecule has 4 saturated carbocycles. The number of benzene rings is 1. The summed E-state index contributed by atoms with van der Waals surface area (Å²) >= 11 is 0. The third-order valence-electron chi connectivity index (χ3n) is 7.23. The minimum atomic E-state index is -0.653. The van der Waals surface area contributed by atoms with Gasteiger partial charge in [-0.1, -0.05) is 18.2 Å². The first-order valence-electron chi connectivity index (χ1n) is 9.63. The smallest absolute Gasteiger partial charge is 0.243 e. The van der Waals surface area contributed by atoms with E-state index in [2.05, 4.69) is 12.0 Å². The number of nitrogens with zero attached hydrogens (tertiary/aromatic N) is 2. The lowest BCUT2D eigenvalue weighted by Crippen LogP contribution is -2.63. The Hall–Kier alpha value is -1.84. The van der Waals surface area contributed by atoms with Crippen LogP contribution in [0.15, 0.2) is 35.4 Å². The van der Waals surface area contributed by atoms with Crippen LogP contribution in [0.1, 0.15) is 57.9 Å². The van der Waals surface area contributed by atoms with Crippen molar-refractivity contribution in [2.75, 3.05) is 0 Å². The molecule has 132 valence electrons. The van der Waals surface area contributed by atoms with Gasteiger partial charge < -0.3 is 4.74 Å². The summed E-state index contributed by atoms with van der Waals surface area (Å²) in [5, 5.41) is 6.30. The number of rotatable bonds is 2. The molecular weight excluding hydrogens is 312 g/mol. The molecule has 1 amide bonds. The summed E-state index contributed by atoms with van der Waals surface area (Å²) in [5.41, 5.74) is 0.343. The maximum atomic E-state index is 12.5. The van der Waals surface area contributed by atoms with Gasteiger partial charge in [-0.05, 0) is 75.3 Å². The van der Waals surface area contributed by atoms with E-state index in [0.29, 0.717) is 5.90 Å². The second-order valence-corrected chi connectivity index (χ2v) is 8.88. The van der Waals surface area contributed by atoms with E-state index in [4.69, 9.17) is 4.74 Å². The molecule has 1 aliphatic heterocycles. The third-order valence-corrected chi connectivity index (χ3v) is 7.23. The third kappa shape index (κ3) is 2.12. The summed E-state index contributed by atoms with van der Waals surface area (Å²) < 4.78 is 6.55. The van der Waals surface area contributed by atoms with Crippen LogP contribution >= 0.6 is 0 Å². The molecule has 1 aromatic carbocycles. The van der Waals surface area contributed by atoms with Gasteiger partial charge in [0.05, 0.1) is 0 Å². The number of hydrazone groups is 1. The Morgan fingerprint density at radius 2 is 1.64 bits per heavy atom. The average Bonchev–Trinajstić information content (AvgIpc) is 2.94. The van der Waals surface area contributed by atoms with E-state index in [1.54, 1.807) is 11.9 Å². The predicted octanol–water partition coefficient (Wildman–Crippen LogP) is 4.16. The van der Waals surface area contributed by atoms with E-state index >= 15 is 0 Å². The monoisotopic (exact) mass is 338 g/mol. The van der Waals surface area contributed by atoms with Crippen LogP contribution in [0.2, 0.25) is 0 Å². The molecule has 4 fully saturated rings. The highest BCUT2D eigenvalue weighted by molar-refractivity contribution is 5.96. The van der Waals surface area contributed by atoms with Crippen LogP contribution in [-0.4, -0.2) is 22.5 Å². The Kier molecular flexibility index (Phi) is 3.14. The Morgan fingerprint density at radius 3 is 2.16 bits per heavy atom. The zero-order valence-electron chi connectivity index (χ0n) is 15.1. The maximum Gasteiger partial charge on any atom is 0.243 e. The zero-order chi connectivity index (χ0) is 17.2. The Bertz CT molecular complexity index is 706. The van der Waals surface area contributed by atoms with Gasteiger partial charge in [0.15, 0.2) is 0 Å². The summed E-state index contributed by atoms with van der Waals surface area (Å²) in [5.74, 6) is 2.99. The molecule has 4 bridgehead atoms. The molecule has 0 aromatic heterocycles. The van der Waals surface area contributed by atoms with Crippen molar-refractivity contribution in [3.05, 3.63) is 35.9 Å². The van der Waals surface area contributed by atoms with Crippen LogP contribution in [0.3, 0.4) is 0 Å². The summed E-state index contributed by atoms with van der Waals surface area (Å²) in [6.45, 7) is 3.72. The lowest BCUT2D eigenvalue weighted by molar-refractivity contribution is -0.216. The van der Waals surface area contributed by atoms with Gasteiger partial charge >= 0.3 is 0 Å². The van der Waals surface area contributed by atoms with Crippen molar-refractivity contribution < 1.29 is 9.53 Å². The highest BCUT2D eigenvalue weighted by Crippen LogP contribution is 2.65. The fourth-order valence-electron chi connectivity index (χ4n) is 6.52. The second kappa shape index (κ2) is 5.09. The first-order valence-corrected chi connectivity index (χ1v) is 9.63. The molecule has 6 rings (SSSR count). The number of carbonyl (C=O) groups excluding carboxylic acids is 1. The van der Waals surface area contributed by atoms with Gasteiger partial charge in [0.2, 0.25) is 17.5 Å². The number of ether oxygens (including phenoxy) is 1. The number of amides is 1. The lowest BCUT2D eigenvalue weighted by Gasteiger charge is -2.61. The number of hydrogen-bond acceptors (Lipinski definition) is 3. The van der Waals surface area contributed by atoms with Crippen molar-refractivity contribution in [1.82, 2.24) is 5.01 Å². The molecule has 0 radical (unpaired) electrons. The summed E-state index contributed by atoms with van der Waals surface area (Å²) in [6.07, 6.45) is 7.66. The van der Waals surface area contributed by atoms with Gasteiger partial charge in [-0.15, -0.1) is 5.10 Å². The van der Waals surface area contributed by atoms with Gasteiger partial charge in [-0.3, -0.25) is 4.79 Å². The van der Waals surface area contributed by atoms with E-state index in [-0.39, 0.29) is 11.3 Å². The Balaban J connectivity index is 1.55. The Labute approximate surface area is 149 Å². The summed E-state index contributed by atoms with van der Waals surface area (Å²) in [4.78, 5) is 12.5.